The number of ether oxygens (including phenoxy) is 1. The number of benzene rings is 1. The number of aliphatic hydroxyl groups is 1. The molecule has 2 aromatic rings. The van der Waals surface area contributed by atoms with Crippen molar-refractivity contribution in [1.29, 1.82) is 0 Å². The lowest BCUT2D eigenvalue weighted by atomic mass is 10.1. The first kappa shape index (κ1) is 19.4. The largest absolute Gasteiger partial charge is 0.494 e. The molecule has 0 aliphatic rings. The first-order valence-electron chi connectivity index (χ1n) is 8.94. The monoisotopic (exact) mass is 347 g/mol. The molecule has 0 bridgehead atoms. The van der Waals surface area contributed by atoms with Gasteiger partial charge in [-0.2, -0.15) is 4.98 Å². The zero-order chi connectivity index (χ0) is 18.2. The van der Waals surface area contributed by atoms with Gasteiger partial charge < -0.3 is 14.4 Å². The van der Waals surface area contributed by atoms with E-state index in [1.54, 1.807) is 0 Å². The Balaban J connectivity index is 2.02. The Hall–Kier alpha value is -1.92. The number of nitrogens with zero attached hydrogens (tertiary/aromatic N) is 3. The molecule has 0 saturated heterocycles. The lowest BCUT2D eigenvalue weighted by molar-refractivity contribution is 0.255. The second-order valence-electron chi connectivity index (χ2n) is 6.54. The number of aromatic nitrogens is 2. The first-order valence-corrected chi connectivity index (χ1v) is 8.94. The van der Waals surface area contributed by atoms with Crippen LogP contribution in [0, 0.1) is 5.92 Å². The number of rotatable bonds is 10. The Morgan fingerprint density at radius 2 is 2.04 bits per heavy atom. The van der Waals surface area contributed by atoms with E-state index in [9.17, 15) is 5.11 Å². The summed E-state index contributed by atoms with van der Waals surface area (Å²) in [4.78, 5) is 6.71. The van der Waals surface area contributed by atoms with Crippen molar-refractivity contribution >= 4 is 0 Å². The van der Waals surface area contributed by atoms with Gasteiger partial charge in [-0.05, 0) is 37.1 Å². The third-order valence-electron chi connectivity index (χ3n) is 3.91. The molecule has 0 atom stereocenters. The molecule has 1 aromatic heterocycles. The average molecular weight is 347 g/mol. The summed E-state index contributed by atoms with van der Waals surface area (Å²) >= 11 is 0. The molecule has 138 valence electrons. The summed E-state index contributed by atoms with van der Waals surface area (Å²) in [6.45, 7) is 11.1. The summed E-state index contributed by atoms with van der Waals surface area (Å²) in [7, 11) is 0. The highest BCUT2D eigenvalue weighted by Crippen LogP contribution is 2.21. The van der Waals surface area contributed by atoms with Gasteiger partial charge in [-0.25, -0.2) is 0 Å². The highest BCUT2D eigenvalue weighted by Gasteiger charge is 2.13. The Kier molecular flexibility index (Phi) is 7.40. The fraction of sp³-hybridized carbons (Fsp3) is 0.579. The van der Waals surface area contributed by atoms with Crippen LogP contribution in [0.3, 0.4) is 0 Å². The van der Waals surface area contributed by atoms with E-state index in [4.69, 9.17) is 9.26 Å². The van der Waals surface area contributed by atoms with Crippen molar-refractivity contribution in [3.05, 3.63) is 41.0 Å². The van der Waals surface area contributed by atoms with E-state index in [1.807, 2.05) is 25.1 Å². The first-order chi connectivity index (χ1) is 12.0. The topological polar surface area (TPSA) is 71.6 Å². The predicted molar refractivity (Wildman–Crippen MR) is 96.2 cm³/mol. The van der Waals surface area contributed by atoms with E-state index in [0.717, 1.165) is 36.4 Å². The molecular weight excluding hydrogens is 318 g/mol. The van der Waals surface area contributed by atoms with Crippen LogP contribution in [0.15, 0.2) is 22.7 Å². The van der Waals surface area contributed by atoms with Gasteiger partial charge in [-0.15, -0.1) is 0 Å². The number of aliphatic hydroxyl groups excluding tert-OH is 1. The summed E-state index contributed by atoms with van der Waals surface area (Å²) < 4.78 is 10.9. The second kappa shape index (κ2) is 9.53. The molecule has 0 aliphatic carbocycles. The maximum atomic E-state index is 9.54. The highest BCUT2D eigenvalue weighted by atomic mass is 16.5. The number of hydrogen-bond acceptors (Lipinski definition) is 6. The minimum Gasteiger partial charge on any atom is -0.494 e. The predicted octanol–water partition coefficient (Wildman–Crippen LogP) is 3.18. The van der Waals surface area contributed by atoms with Gasteiger partial charge in [0.15, 0.2) is 5.82 Å². The van der Waals surface area contributed by atoms with Crippen LogP contribution in [0.25, 0.3) is 0 Å². The molecule has 1 N–H and O–H groups in total. The molecule has 0 fully saturated rings. The van der Waals surface area contributed by atoms with Gasteiger partial charge in [0.2, 0.25) is 5.89 Å². The van der Waals surface area contributed by atoms with Crippen LogP contribution in [-0.4, -0.2) is 33.3 Å². The summed E-state index contributed by atoms with van der Waals surface area (Å²) in [5, 5.41) is 13.6. The van der Waals surface area contributed by atoms with Gasteiger partial charge in [0.1, 0.15) is 5.75 Å². The SMILES string of the molecule is CCOc1ccc(CN(CC)Cc2noc(CC(C)C)n2)cc1CO. The van der Waals surface area contributed by atoms with E-state index in [2.05, 4.69) is 35.8 Å². The van der Waals surface area contributed by atoms with Crippen LogP contribution >= 0.6 is 0 Å². The van der Waals surface area contributed by atoms with E-state index in [-0.39, 0.29) is 6.61 Å². The van der Waals surface area contributed by atoms with Crippen molar-refractivity contribution in [2.24, 2.45) is 5.92 Å². The minimum atomic E-state index is -0.0291. The van der Waals surface area contributed by atoms with Crippen molar-refractivity contribution in [2.45, 2.75) is 53.8 Å². The van der Waals surface area contributed by atoms with Gasteiger partial charge >= 0.3 is 0 Å². The molecule has 0 unspecified atom stereocenters. The summed E-state index contributed by atoms with van der Waals surface area (Å²) in [5.41, 5.74) is 1.94. The van der Waals surface area contributed by atoms with Crippen molar-refractivity contribution in [1.82, 2.24) is 15.0 Å². The Labute approximate surface area is 149 Å². The van der Waals surface area contributed by atoms with Gasteiger partial charge in [0, 0.05) is 18.5 Å². The standard InChI is InChI=1S/C19H29N3O3/c1-5-22(12-18-20-19(25-21-18)9-14(3)4)11-15-7-8-17(24-6-2)16(10-15)13-23/h7-8,10,14,23H,5-6,9,11-13H2,1-4H3. The molecule has 2 rings (SSSR count). The minimum absolute atomic E-state index is 0.0291. The molecular formula is C19H29N3O3. The van der Waals surface area contributed by atoms with Gasteiger partial charge in [0.25, 0.3) is 0 Å². The third-order valence-corrected chi connectivity index (χ3v) is 3.91. The van der Waals surface area contributed by atoms with E-state index >= 15 is 0 Å². The normalized spacial score (nSPS) is 11.5. The second-order valence-corrected chi connectivity index (χ2v) is 6.54. The van der Waals surface area contributed by atoms with Crippen LogP contribution in [-0.2, 0) is 26.1 Å². The zero-order valence-corrected chi connectivity index (χ0v) is 15.7. The quantitative estimate of drug-likeness (QED) is 0.712. The lowest BCUT2D eigenvalue weighted by Gasteiger charge is -2.19. The zero-order valence-electron chi connectivity index (χ0n) is 15.7. The van der Waals surface area contributed by atoms with E-state index in [1.165, 1.54) is 0 Å². The molecule has 0 saturated carbocycles. The smallest absolute Gasteiger partial charge is 0.226 e. The summed E-state index contributed by atoms with van der Waals surface area (Å²) in [6.07, 6.45) is 0.803. The fourth-order valence-corrected chi connectivity index (χ4v) is 2.68. The number of hydrogen-bond donors (Lipinski definition) is 1. The van der Waals surface area contributed by atoms with Crippen molar-refractivity contribution < 1.29 is 14.4 Å². The fourth-order valence-electron chi connectivity index (χ4n) is 2.68. The van der Waals surface area contributed by atoms with Crippen LogP contribution in [0.1, 0.15) is 50.5 Å². The van der Waals surface area contributed by atoms with Gasteiger partial charge in [0.05, 0.1) is 19.8 Å². The molecule has 0 aliphatic heterocycles. The summed E-state index contributed by atoms with van der Waals surface area (Å²) in [6, 6.07) is 5.95. The van der Waals surface area contributed by atoms with Gasteiger partial charge in [-0.1, -0.05) is 32.0 Å². The Morgan fingerprint density at radius 3 is 2.68 bits per heavy atom. The Morgan fingerprint density at radius 1 is 1.24 bits per heavy atom. The van der Waals surface area contributed by atoms with Crippen LogP contribution in [0.5, 0.6) is 5.75 Å². The maximum Gasteiger partial charge on any atom is 0.226 e. The molecule has 0 amide bonds. The maximum absolute atomic E-state index is 9.54. The van der Waals surface area contributed by atoms with Crippen molar-refractivity contribution in [2.75, 3.05) is 13.2 Å². The van der Waals surface area contributed by atoms with Crippen LogP contribution in [0.2, 0.25) is 0 Å². The Bertz CT molecular complexity index is 655. The van der Waals surface area contributed by atoms with Crippen molar-refractivity contribution in [3.63, 3.8) is 0 Å². The van der Waals surface area contributed by atoms with Crippen LogP contribution in [0.4, 0.5) is 0 Å². The molecule has 6 heteroatoms. The molecule has 1 aromatic carbocycles. The molecule has 25 heavy (non-hydrogen) atoms. The van der Waals surface area contributed by atoms with Crippen LogP contribution < -0.4 is 4.74 Å². The van der Waals surface area contributed by atoms with E-state index < -0.39 is 0 Å². The molecule has 0 spiro atoms. The summed E-state index contributed by atoms with van der Waals surface area (Å²) in [5.74, 6) is 2.65. The average Bonchev–Trinajstić information content (AvgIpc) is 3.01. The van der Waals surface area contributed by atoms with E-state index in [0.29, 0.717) is 30.8 Å². The molecule has 0 radical (unpaired) electrons. The molecule has 1 heterocycles. The third kappa shape index (κ3) is 5.83. The highest BCUT2D eigenvalue weighted by molar-refractivity contribution is 5.36. The van der Waals surface area contributed by atoms with Crippen molar-refractivity contribution in [3.8, 4) is 5.75 Å². The lowest BCUT2D eigenvalue weighted by Crippen LogP contribution is -2.23. The van der Waals surface area contributed by atoms with Gasteiger partial charge in [-0.3, -0.25) is 4.90 Å². The molecule has 6 nitrogen and oxygen atoms in total.